The largest absolute Gasteiger partial charge is 0.476 e. The average Bonchev–Trinajstić information content (AvgIpc) is 2.27. The van der Waals surface area contributed by atoms with E-state index < -0.39 is 12.1 Å². The summed E-state index contributed by atoms with van der Waals surface area (Å²) in [7, 11) is 0. The zero-order valence-electron chi connectivity index (χ0n) is 9.05. The van der Waals surface area contributed by atoms with Gasteiger partial charge in [0, 0.05) is 6.54 Å². The first-order chi connectivity index (χ1) is 7.63. The number of carbonyl (C=O) groups is 1. The van der Waals surface area contributed by atoms with Crippen LogP contribution in [0.15, 0.2) is 12.4 Å². The van der Waals surface area contributed by atoms with Crippen LogP contribution in [0.4, 0.5) is 5.82 Å². The Labute approximate surface area is 93.4 Å². The molecular formula is C10H15N3O3. The lowest BCUT2D eigenvalue weighted by Crippen LogP contribution is -2.20. The Morgan fingerprint density at radius 3 is 2.94 bits per heavy atom. The molecule has 0 saturated heterocycles. The molecule has 1 atom stereocenters. The molecule has 6 nitrogen and oxygen atoms in total. The first-order valence-electron chi connectivity index (χ1n) is 5.10. The topological polar surface area (TPSA) is 95.3 Å². The zero-order valence-corrected chi connectivity index (χ0v) is 9.05. The molecule has 88 valence electrons. The Hall–Kier alpha value is -1.69. The fraction of sp³-hybridized carbons (Fsp3) is 0.500. The summed E-state index contributed by atoms with van der Waals surface area (Å²) in [5.74, 6) is -0.764. The van der Waals surface area contributed by atoms with Crippen molar-refractivity contribution >= 4 is 11.8 Å². The van der Waals surface area contributed by atoms with Gasteiger partial charge in [0.15, 0.2) is 5.69 Å². The van der Waals surface area contributed by atoms with E-state index in [1.165, 1.54) is 12.4 Å². The van der Waals surface area contributed by atoms with Gasteiger partial charge in [-0.05, 0) is 6.42 Å². The van der Waals surface area contributed by atoms with Gasteiger partial charge in [-0.1, -0.05) is 13.3 Å². The maximum absolute atomic E-state index is 10.6. The molecule has 0 fully saturated rings. The standard InChI is InChI=1S/C10H15N3O3/c1-2-3-7(14)4-12-9-6-11-5-8(13-9)10(15)16/h5-7,14H,2-4H2,1H3,(H,12,13)(H,15,16). The fourth-order valence-corrected chi connectivity index (χ4v) is 1.21. The third-order valence-corrected chi connectivity index (χ3v) is 1.99. The molecule has 0 saturated carbocycles. The number of nitrogens with zero attached hydrogens (tertiary/aromatic N) is 2. The summed E-state index contributed by atoms with van der Waals surface area (Å²) >= 11 is 0. The highest BCUT2D eigenvalue weighted by molar-refractivity contribution is 5.85. The van der Waals surface area contributed by atoms with Crippen LogP contribution in [0.25, 0.3) is 0 Å². The lowest BCUT2D eigenvalue weighted by atomic mass is 10.2. The van der Waals surface area contributed by atoms with E-state index in [1.807, 2.05) is 6.92 Å². The second-order valence-corrected chi connectivity index (χ2v) is 3.42. The monoisotopic (exact) mass is 225 g/mol. The number of rotatable bonds is 6. The molecule has 0 spiro atoms. The number of aliphatic hydroxyl groups excluding tert-OH is 1. The number of hydrogen-bond donors (Lipinski definition) is 3. The van der Waals surface area contributed by atoms with Gasteiger partial charge >= 0.3 is 5.97 Å². The van der Waals surface area contributed by atoms with Crippen molar-refractivity contribution in [2.75, 3.05) is 11.9 Å². The molecule has 1 aromatic rings. The fourth-order valence-electron chi connectivity index (χ4n) is 1.21. The van der Waals surface area contributed by atoms with Gasteiger partial charge in [-0.15, -0.1) is 0 Å². The van der Waals surface area contributed by atoms with Crippen LogP contribution in [0.1, 0.15) is 30.3 Å². The molecule has 0 aliphatic carbocycles. The highest BCUT2D eigenvalue weighted by atomic mass is 16.4. The van der Waals surface area contributed by atoms with Crippen LogP contribution in [-0.2, 0) is 0 Å². The van der Waals surface area contributed by atoms with Gasteiger partial charge in [-0.2, -0.15) is 0 Å². The molecule has 0 bridgehead atoms. The number of aromatic nitrogens is 2. The average molecular weight is 225 g/mol. The minimum absolute atomic E-state index is 0.116. The second kappa shape index (κ2) is 6.02. The summed E-state index contributed by atoms with van der Waals surface area (Å²) in [4.78, 5) is 18.2. The molecule has 1 unspecified atom stereocenters. The van der Waals surface area contributed by atoms with Crippen molar-refractivity contribution in [3.05, 3.63) is 18.1 Å². The maximum atomic E-state index is 10.6. The van der Waals surface area contributed by atoms with Crippen molar-refractivity contribution in [2.45, 2.75) is 25.9 Å². The number of carboxylic acid groups (broad SMARTS) is 1. The lowest BCUT2D eigenvalue weighted by molar-refractivity contribution is 0.0690. The van der Waals surface area contributed by atoms with E-state index in [1.54, 1.807) is 0 Å². The van der Waals surface area contributed by atoms with E-state index >= 15 is 0 Å². The second-order valence-electron chi connectivity index (χ2n) is 3.42. The minimum atomic E-state index is -1.12. The van der Waals surface area contributed by atoms with Crippen LogP contribution in [0.5, 0.6) is 0 Å². The highest BCUT2D eigenvalue weighted by Crippen LogP contribution is 2.03. The van der Waals surface area contributed by atoms with Gasteiger partial charge in [0.05, 0.1) is 18.5 Å². The van der Waals surface area contributed by atoms with Crippen molar-refractivity contribution in [2.24, 2.45) is 0 Å². The smallest absolute Gasteiger partial charge is 0.356 e. The van der Waals surface area contributed by atoms with Crippen LogP contribution in [0.2, 0.25) is 0 Å². The molecule has 1 heterocycles. The number of hydrogen-bond acceptors (Lipinski definition) is 5. The molecular weight excluding hydrogens is 210 g/mol. The summed E-state index contributed by atoms with van der Waals surface area (Å²) in [6.45, 7) is 2.32. The van der Waals surface area contributed by atoms with E-state index in [0.717, 1.165) is 6.42 Å². The van der Waals surface area contributed by atoms with Crippen molar-refractivity contribution in [1.82, 2.24) is 9.97 Å². The van der Waals surface area contributed by atoms with E-state index in [9.17, 15) is 9.90 Å². The van der Waals surface area contributed by atoms with Crippen LogP contribution >= 0.6 is 0 Å². The van der Waals surface area contributed by atoms with Gasteiger partial charge in [-0.25, -0.2) is 9.78 Å². The van der Waals surface area contributed by atoms with E-state index in [2.05, 4.69) is 15.3 Å². The summed E-state index contributed by atoms with van der Waals surface area (Å²) in [5.41, 5.74) is -0.116. The van der Waals surface area contributed by atoms with Gasteiger partial charge in [-0.3, -0.25) is 4.98 Å². The number of anilines is 1. The van der Waals surface area contributed by atoms with Gasteiger partial charge in [0.25, 0.3) is 0 Å². The minimum Gasteiger partial charge on any atom is -0.476 e. The van der Waals surface area contributed by atoms with Crippen LogP contribution in [-0.4, -0.2) is 38.8 Å². The first-order valence-corrected chi connectivity index (χ1v) is 5.10. The Morgan fingerprint density at radius 1 is 1.56 bits per heavy atom. The predicted molar refractivity (Wildman–Crippen MR) is 58.4 cm³/mol. The molecule has 0 aliphatic rings. The first kappa shape index (κ1) is 12.4. The Balaban J connectivity index is 2.54. The molecule has 16 heavy (non-hydrogen) atoms. The zero-order chi connectivity index (χ0) is 12.0. The van der Waals surface area contributed by atoms with Gasteiger partial charge < -0.3 is 15.5 Å². The van der Waals surface area contributed by atoms with E-state index in [0.29, 0.717) is 18.8 Å². The third kappa shape index (κ3) is 3.82. The van der Waals surface area contributed by atoms with Crippen LogP contribution < -0.4 is 5.32 Å². The van der Waals surface area contributed by atoms with Crippen LogP contribution in [0, 0.1) is 0 Å². The van der Waals surface area contributed by atoms with E-state index in [-0.39, 0.29) is 5.69 Å². The van der Waals surface area contributed by atoms with Crippen molar-refractivity contribution in [3.63, 3.8) is 0 Å². The van der Waals surface area contributed by atoms with Crippen molar-refractivity contribution in [3.8, 4) is 0 Å². The molecule has 6 heteroatoms. The van der Waals surface area contributed by atoms with Gasteiger partial charge in [0.1, 0.15) is 5.82 Å². The summed E-state index contributed by atoms with van der Waals surface area (Å²) in [6.07, 6.45) is 3.73. The van der Waals surface area contributed by atoms with E-state index in [4.69, 9.17) is 5.11 Å². The SMILES string of the molecule is CCCC(O)CNc1cncc(C(=O)O)n1. The maximum Gasteiger partial charge on any atom is 0.356 e. The third-order valence-electron chi connectivity index (χ3n) is 1.99. The molecule has 1 aromatic heterocycles. The van der Waals surface area contributed by atoms with Crippen molar-refractivity contribution < 1.29 is 15.0 Å². The number of carboxylic acids is 1. The lowest BCUT2D eigenvalue weighted by Gasteiger charge is -2.10. The highest BCUT2D eigenvalue weighted by Gasteiger charge is 2.07. The molecule has 3 N–H and O–H groups in total. The summed E-state index contributed by atoms with van der Waals surface area (Å²) in [6, 6.07) is 0. The van der Waals surface area contributed by atoms with Gasteiger partial charge in [0.2, 0.25) is 0 Å². The number of aromatic carboxylic acids is 1. The quantitative estimate of drug-likeness (QED) is 0.661. The Kier molecular flexibility index (Phi) is 4.65. The Morgan fingerprint density at radius 2 is 2.31 bits per heavy atom. The normalized spacial score (nSPS) is 12.1. The predicted octanol–water partition coefficient (Wildman–Crippen LogP) is 0.748. The molecule has 1 rings (SSSR count). The number of nitrogens with one attached hydrogen (secondary N) is 1. The van der Waals surface area contributed by atoms with Crippen molar-refractivity contribution in [1.29, 1.82) is 0 Å². The molecule has 0 aliphatic heterocycles. The Bertz CT molecular complexity index is 357. The molecule has 0 amide bonds. The molecule has 0 radical (unpaired) electrons. The summed E-state index contributed by atoms with van der Waals surface area (Å²) in [5, 5.41) is 21.0. The summed E-state index contributed by atoms with van der Waals surface area (Å²) < 4.78 is 0. The number of aliphatic hydroxyl groups is 1. The van der Waals surface area contributed by atoms with Crippen LogP contribution in [0.3, 0.4) is 0 Å². The molecule has 0 aromatic carbocycles.